The van der Waals surface area contributed by atoms with Crippen molar-refractivity contribution < 1.29 is 9.21 Å². The third kappa shape index (κ3) is 4.54. The smallest absolute Gasteiger partial charge is 0.408 e. The van der Waals surface area contributed by atoms with E-state index in [1.807, 2.05) is 89.7 Å². The molecule has 0 saturated carbocycles. The molecule has 2 aromatic heterocycles. The number of aromatic nitrogens is 3. The number of para-hydroxylation sites is 3. The number of carbonyl (C=O) groups excluding carboxylic acids is 1. The highest BCUT2D eigenvalue weighted by Gasteiger charge is 2.14. The van der Waals surface area contributed by atoms with Crippen molar-refractivity contribution in [1.82, 2.24) is 19.7 Å². The molecule has 34 heavy (non-hydrogen) atoms. The highest BCUT2D eigenvalue weighted by atomic mass is 16.4. The second-order valence-electron chi connectivity index (χ2n) is 8.02. The molecule has 0 bridgehead atoms. The summed E-state index contributed by atoms with van der Waals surface area (Å²) >= 11 is 0. The van der Waals surface area contributed by atoms with Crippen molar-refractivity contribution in [3.05, 3.63) is 107 Å². The number of fused-ring (bicyclic) bond motifs is 1. The number of hydrogen-bond acceptors (Lipinski definition) is 4. The largest absolute Gasteiger partial charge is 0.419 e. The van der Waals surface area contributed by atoms with Crippen molar-refractivity contribution in [1.29, 1.82) is 0 Å². The Kier molecular flexibility index (Phi) is 6.07. The minimum atomic E-state index is -0.401. The third-order valence-electron chi connectivity index (χ3n) is 5.69. The Bertz CT molecular complexity index is 1470. The van der Waals surface area contributed by atoms with Crippen molar-refractivity contribution in [2.24, 2.45) is 0 Å². The Morgan fingerprint density at radius 2 is 1.62 bits per heavy atom. The van der Waals surface area contributed by atoms with E-state index in [0.29, 0.717) is 31.5 Å². The van der Waals surface area contributed by atoms with Crippen LogP contribution in [0.2, 0.25) is 0 Å². The lowest BCUT2D eigenvalue weighted by molar-refractivity contribution is -0.121. The lowest BCUT2D eigenvalue weighted by Gasteiger charge is -2.06. The van der Waals surface area contributed by atoms with Gasteiger partial charge in [0.25, 0.3) is 0 Å². The number of hydrogen-bond donors (Lipinski definition) is 1. The Labute approximate surface area is 196 Å². The average molecular weight is 453 g/mol. The molecule has 0 unspecified atom stereocenters. The maximum absolute atomic E-state index is 12.6. The zero-order chi connectivity index (χ0) is 23.3. The van der Waals surface area contributed by atoms with E-state index in [9.17, 15) is 9.59 Å². The Morgan fingerprint density at radius 3 is 2.41 bits per heavy atom. The van der Waals surface area contributed by atoms with Gasteiger partial charge in [0.05, 0.1) is 16.9 Å². The van der Waals surface area contributed by atoms with Crippen LogP contribution in [-0.2, 0) is 17.9 Å². The number of nitrogens with zero attached hydrogens (tertiary/aromatic N) is 3. The van der Waals surface area contributed by atoms with Crippen LogP contribution in [-0.4, -0.2) is 20.3 Å². The normalized spacial score (nSPS) is 11.1. The van der Waals surface area contributed by atoms with E-state index in [-0.39, 0.29) is 5.91 Å². The van der Waals surface area contributed by atoms with Gasteiger partial charge >= 0.3 is 5.76 Å². The van der Waals surface area contributed by atoms with Crippen LogP contribution in [0.3, 0.4) is 0 Å². The highest BCUT2D eigenvalue weighted by molar-refractivity contribution is 5.76. The fraction of sp³-hybridized carbons (Fsp3) is 0.148. The summed E-state index contributed by atoms with van der Waals surface area (Å²) in [6, 6.07) is 27.1. The molecule has 0 atom stereocenters. The van der Waals surface area contributed by atoms with Gasteiger partial charge in [0.1, 0.15) is 0 Å². The summed E-state index contributed by atoms with van der Waals surface area (Å²) in [5.74, 6) is -0.477. The second-order valence-corrected chi connectivity index (χ2v) is 8.02. The van der Waals surface area contributed by atoms with Crippen molar-refractivity contribution >= 4 is 17.0 Å². The fourth-order valence-electron chi connectivity index (χ4n) is 4.00. The molecule has 7 heteroatoms. The summed E-state index contributed by atoms with van der Waals surface area (Å²) < 4.78 is 8.66. The van der Waals surface area contributed by atoms with Gasteiger partial charge in [-0.25, -0.2) is 9.48 Å². The molecule has 7 nitrogen and oxygen atoms in total. The number of benzene rings is 3. The monoisotopic (exact) mass is 452 g/mol. The Balaban J connectivity index is 1.26. The molecule has 0 saturated heterocycles. The maximum atomic E-state index is 12.6. The zero-order valence-corrected chi connectivity index (χ0v) is 18.6. The lowest BCUT2D eigenvalue weighted by atomic mass is 10.1. The van der Waals surface area contributed by atoms with Crippen molar-refractivity contribution in [3.8, 4) is 16.9 Å². The van der Waals surface area contributed by atoms with Crippen LogP contribution in [0.1, 0.15) is 18.4 Å². The van der Waals surface area contributed by atoms with E-state index >= 15 is 0 Å². The molecule has 0 aliphatic rings. The van der Waals surface area contributed by atoms with Gasteiger partial charge < -0.3 is 9.73 Å². The van der Waals surface area contributed by atoms with Gasteiger partial charge in [-0.2, -0.15) is 5.10 Å². The summed E-state index contributed by atoms with van der Waals surface area (Å²) in [6.45, 7) is 0.787. The maximum Gasteiger partial charge on any atom is 0.419 e. The molecular weight excluding hydrogens is 428 g/mol. The van der Waals surface area contributed by atoms with E-state index in [1.165, 1.54) is 0 Å². The summed E-state index contributed by atoms with van der Waals surface area (Å²) in [7, 11) is 0. The third-order valence-corrected chi connectivity index (χ3v) is 5.69. The van der Waals surface area contributed by atoms with Gasteiger partial charge in [0.15, 0.2) is 5.58 Å². The number of aryl methyl sites for hydroxylation is 1. The predicted molar refractivity (Wildman–Crippen MR) is 131 cm³/mol. The van der Waals surface area contributed by atoms with Crippen molar-refractivity contribution in [2.45, 2.75) is 25.9 Å². The number of rotatable bonds is 8. The Morgan fingerprint density at radius 1 is 0.912 bits per heavy atom. The molecular formula is C27H24N4O3. The van der Waals surface area contributed by atoms with E-state index in [1.54, 1.807) is 10.6 Å². The van der Waals surface area contributed by atoms with Crippen LogP contribution in [0.5, 0.6) is 0 Å². The van der Waals surface area contributed by atoms with E-state index < -0.39 is 5.76 Å². The first kappa shape index (κ1) is 21.5. The summed E-state index contributed by atoms with van der Waals surface area (Å²) in [5.41, 5.74) is 5.01. The summed E-state index contributed by atoms with van der Waals surface area (Å²) in [4.78, 5) is 24.7. The van der Waals surface area contributed by atoms with Gasteiger partial charge in [0.2, 0.25) is 5.91 Å². The first-order valence-electron chi connectivity index (χ1n) is 11.2. The number of carbonyl (C=O) groups is 1. The van der Waals surface area contributed by atoms with Gasteiger partial charge in [-0.1, -0.05) is 60.7 Å². The minimum Gasteiger partial charge on any atom is -0.408 e. The molecule has 0 fully saturated rings. The number of amides is 1. The molecule has 170 valence electrons. The van der Waals surface area contributed by atoms with Crippen LogP contribution in [0.25, 0.3) is 28.0 Å². The summed E-state index contributed by atoms with van der Waals surface area (Å²) in [5, 5.41) is 7.78. The molecule has 2 heterocycles. The molecule has 0 aliphatic heterocycles. The SMILES string of the molecule is O=C(CCCn1c(=O)oc2ccccc21)NCc1cn(-c2ccccc2)nc1-c1ccccc1. The minimum absolute atomic E-state index is 0.0766. The van der Waals surface area contributed by atoms with E-state index in [4.69, 9.17) is 9.52 Å². The topological polar surface area (TPSA) is 82.1 Å². The fourth-order valence-corrected chi connectivity index (χ4v) is 4.00. The predicted octanol–water partition coefficient (Wildman–Crippen LogP) is 4.54. The molecule has 3 aromatic carbocycles. The standard InChI is InChI=1S/C27H24N4O3/c32-25(16-9-17-30-23-14-7-8-15-24(23)34-27(30)33)28-18-21-19-31(22-12-5-2-6-13-22)29-26(21)20-10-3-1-4-11-20/h1-8,10-15,19H,9,16-18H2,(H,28,32). The van der Waals surface area contributed by atoms with Crippen LogP contribution in [0.15, 0.2) is 100 Å². The van der Waals surface area contributed by atoms with Crippen LogP contribution in [0, 0.1) is 0 Å². The number of nitrogens with one attached hydrogen (secondary N) is 1. The van der Waals surface area contributed by atoms with Gasteiger partial charge in [0, 0.05) is 36.8 Å². The van der Waals surface area contributed by atoms with Gasteiger partial charge in [-0.3, -0.25) is 9.36 Å². The number of oxazole rings is 1. The van der Waals surface area contributed by atoms with Gasteiger partial charge in [-0.15, -0.1) is 0 Å². The van der Waals surface area contributed by atoms with Crippen LogP contribution < -0.4 is 11.1 Å². The van der Waals surface area contributed by atoms with E-state index in [0.717, 1.165) is 28.0 Å². The quantitative estimate of drug-likeness (QED) is 0.375. The molecule has 0 aliphatic carbocycles. The molecule has 1 amide bonds. The van der Waals surface area contributed by atoms with Crippen molar-refractivity contribution in [3.63, 3.8) is 0 Å². The highest BCUT2D eigenvalue weighted by Crippen LogP contribution is 2.23. The first-order valence-corrected chi connectivity index (χ1v) is 11.2. The second kappa shape index (κ2) is 9.62. The lowest BCUT2D eigenvalue weighted by Crippen LogP contribution is -2.23. The summed E-state index contributed by atoms with van der Waals surface area (Å²) in [6.07, 6.45) is 2.79. The molecule has 5 aromatic rings. The van der Waals surface area contributed by atoms with Crippen LogP contribution >= 0.6 is 0 Å². The molecule has 1 N–H and O–H groups in total. The zero-order valence-electron chi connectivity index (χ0n) is 18.6. The molecule has 0 spiro atoms. The van der Waals surface area contributed by atoms with E-state index in [2.05, 4.69) is 5.32 Å². The molecule has 0 radical (unpaired) electrons. The van der Waals surface area contributed by atoms with Crippen LogP contribution in [0.4, 0.5) is 0 Å². The Hall–Kier alpha value is -4.39. The van der Waals surface area contributed by atoms with Gasteiger partial charge in [-0.05, 0) is 30.7 Å². The molecule has 5 rings (SSSR count). The van der Waals surface area contributed by atoms with Crippen molar-refractivity contribution in [2.75, 3.05) is 0 Å². The first-order chi connectivity index (χ1) is 16.7. The average Bonchev–Trinajstić information content (AvgIpc) is 3.45.